The fraction of sp³-hybridized carbons (Fsp3) is 0.500. The molecule has 1 aromatic carbocycles. The Morgan fingerprint density at radius 2 is 1.86 bits per heavy atom. The SMILES string of the molecule is CCCNC(=O)CNC(=O)CCc1ccccc1OCC. The van der Waals surface area contributed by atoms with E-state index >= 15 is 0 Å². The zero-order valence-electron chi connectivity index (χ0n) is 12.8. The summed E-state index contributed by atoms with van der Waals surface area (Å²) in [6, 6.07) is 7.68. The molecule has 0 aliphatic rings. The highest BCUT2D eigenvalue weighted by Gasteiger charge is 2.08. The van der Waals surface area contributed by atoms with Crippen LogP contribution < -0.4 is 15.4 Å². The van der Waals surface area contributed by atoms with Gasteiger partial charge >= 0.3 is 0 Å². The van der Waals surface area contributed by atoms with Gasteiger partial charge < -0.3 is 15.4 Å². The molecule has 2 amide bonds. The molecule has 116 valence electrons. The first-order chi connectivity index (χ1) is 10.2. The number of nitrogens with one attached hydrogen (secondary N) is 2. The molecule has 21 heavy (non-hydrogen) atoms. The van der Waals surface area contributed by atoms with Crippen molar-refractivity contribution in [3.05, 3.63) is 29.8 Å². The Labute approximate surface area is 126 Å². The molecule has 0 atom stereocenters. The first kappa shape index (κ1) is 17.0. The minimum absolute atomic E-state index is 0.0337. The number of carbonyl (C=O) groups is 2. The average molecular weight is 292 g/mol. The zero-order chi connectivity index (χ0) is 15.5. The van der Waals surface area contributed by atoms with Gasteiger partial charge in [-0.2, -0.15) is 0 Å². The van der Waals surface area contributed by atoms with Crippen molar-refractivity contribution in [2.45, 2.75) is 33.1 Å². The second-order valence-corrected chi connectivity index (χ2v) is 4.67. The minimum Gasteiger partial charge on any atom is -0.494 e. The lowest BCUT2D eigenvalue weighted by Gasteiger charge is -2.10. The number of hydrogen-bond donors (Lipinski definition) is 2. The molecular formula is C16H24N2O3. The van der Waals surface area contributed by atoms with Crippen LogP contribution in [0.2, 0.25) is 0 Å². The van der Waals surface area contributed by atoms with E-state index < -0.39 is 0 Å². The average Bonchev–Trinajstić information content (AvgIpc) is 2.50. The monoisotopic (exact) mass is 292 g/mol. The van der Waals surface area contributed by atoms with E-state index in [1.165, 1.54) is 0 Å². The predicted octanol–water partition coefficient (Wildman–Crippen LogP) is 1.66. The van der Waals surface area contributed by atoms with Crippen molar-refractivity contribution in [1.82, 2.24) is 10.6 Å². The summed E-state index contributed by atoms with van der Waals surface area (Å²) < 4.78 is 5.52. The van der Waals surface area contributed by atoms with E-state index in [2.05, 4.69) is 10.6 Å². The Morgan fingerprint density at radius 1 is 1.10 bits per heavy atom. The van der Waals surface area contributed by atoms with E-state index in [0.29, 0.717) is 26.0 Å². The van der Waals surface area contributed by atoms with Crippen molar-refractivity contribution in [3.8, 4) is 5.75 Å². The Balaban J connectivity index is 2.34. The summed E-state index contributed by atoms with van der Waals surface area (Å²) >= 11 is 0. The van der Waals surface area contributed by atoms with Crippen LogP contribution in [0.3, 0.4) is 0 Å². The van der Waals surface area contributed by atoms with Crippen LogP contribution in [0.5, 0.6) is 5.75 Å². The summed E-state index contributed by atoms with van der Waals surface area (Å²) in [7, 11) is 0. The van der Waals surface area contributed by atoms with E-state index in [-0.39, 0.29) is 18.4 Å². The predicted molar refractivity (Wildman–Crippen MR) is 82.2 cm³/mol. The molecule has 0 bridgehead atoms. The fourth-order valence-electron chi connectivity index (χ4n) is 1.85. The van der Waals surface area contributed by atoms with Crippen molar-refractivity contribution in [2.75, 3.05) is 19.7 Å². The number of rotatable bonds is 9. The van der Waals surface area contributed by atoms with Crippen LogP contribution in [0, 0.1) is 0 Å². The fourth-order valence-corrected chi connectivity index (χ4v) is 1.85. The van der Waals surface area contributed by atoms with E-state index in [0.717, 1.165) is 17.7 Å². The summed E-state index contributed by atoms with van der Waals surface area (Å²) in [4.78, 5) is 23.1. The van der Waals surface area contributed by atoms with Crippen LogP contribution >= 0.6 is 0 Å². The number of aryl methyl sites for hydroxylation is 1. The van der Waals surface area contributed by atoms with E-state index in [1.54, 1.807) is 0 Å². The van der Waals surface area contributed by atoms with Gasteiger partial charge in [-0.25, -0.2) is 0 Å². The lowest BCUT2D eigenvalue weighted by Crippen LogP contribution is -2.37. The van der Waals surface area contributed by atoms with Gasteiger partial charge in [0.05, 0.1) is 13.2 Å². The molecule has 1 rings (SSSR count). The van der Waals surface area contributed by atoms with Gasteiger partial charge in [0.2, 0.25) is 11.8 Å². The van der Waals surface area contributed by atoms with Crippen LogP contribution in [0.15, 0.2) is 24.3 Å². The summed E-state index contributed by atoms with van der Waals surface area (Å²) in [6.07, 6.45) is 1.82. The number of amides is 2. The van der Waals surface area contributed by atoms with Gasteiger partial charge in [0, 0.05) is 13.0 Å². The maximum Gasteiger partial charge on any atom is 0.239 e. The van der Waals surface area contributed by atoms with Gasteiger partial charge in [0.1, 0.15) is 5.75 Å². The highest BCUT2D eigenvalue weighted by atomic mass is 16.5. The van der Waals surface area contributed by atoms with E-state index in [1.807, 2.05) is 38.1 Å². The second-order valence-electron chi connectivity index (χ2n) is 4.67. The molecular weight excluding hydrogens is 268 g/mol. The van der Waals surface area contributed by atoms with Crippen LogP contribution in [-0.2, 0) is 16.0 Å². The Kier molecular flexibility index (Phi) is 7.94. The van der Waals surface area contributed by atoms with Crippen molar-refractivity contribution in [2.24, 2.45) is 0 Å². The highest BCUT2D eigenvalue weighted by molar-refractivity contribution is 5.84. The molecule has 2 N–H and O–H groups in total. The molecule has 0 saturated heterocycles. The van der Waals surface area contributed by atoms with Crippen LogP contribution in [-0.4, -0.2) is 31.5 Å². The molecule has 0 radical (unpaired) electrons. The van der Waals surface area contributed by atoms with Gasteiger partial charge in [-0.15, -0.1) is 0 Å². The summed E-state index contributed by atoms with van der Waals surface area (Å²) in [6.45, 7) is 5.18. The third-order valence-corrected chi connectivity index (χ3v) is 2.91. The summed E-state index contributed by atoms with van der Waals surface area (Å²) in [5.74, 6) is 0.529. The Bertz CT molecular complexity index is 461. The van der Waals surface area contributed by atoms with Crippen molar-refractivity contribution in [3.63, 3.8) is 0 Å². The van der Waals surface area contributed by atoms with Crippen LogP contribution in [0.25, 0.3) is 0 Å². The molecule has 0 spiro atoms. The lowest BCUT2D eigenvalue weighted by atomic mass is 10.1. The highest BCUT2D eigenvalue weighted by Crippen LogP contribution is 2.19. The quantitative estimate of drug-likeness (QED) is 0.727. The van der Waals surface area contributed by atoms with Crippen LogP contribution in [0.1, 0.15) is 32.3 Å². The standard InChI is InChI=1S/C16H24N2O3/c1-3-11-17-16(20)12-18-15(19)10-9-13-7-5-6-8-14(13)21-4-2/h5-8H,3-4,9-12H2,1-2H3,(H,17,20)(H,18,19). The minimum atomic E-state index is -0.153. The van der Waals surface area contributed by atoms with Crippen molar-refractivity contribution >= 4 is 11.8 Å². The molecule has 1 aromatic rings. The molecule has 0 aliphatic heterocycles. The number of para-hydroxylation sites is 1. The molecule has 0 saturated carbocycles. The van der Waals surface area contributed by atoms with Crippen LogP contribution in [0.4, 0.5) is 0 Å². The topological polar surface area (TPSA) is 67.4 Å². The van der Waals surface area contributed by atoms with Crippen molar-refractivity contribution < 1.29 is 14.3 Å². The Morgan fingerprint density at radius 3 is 2.57 bits per heavy atom. The van der Waals surface area contributed by atoms with E-state index in [4.69, 9.17) is 4.74 Å². The molecule has 5 nitrogen and oxygen atoms in total. The molecule has 0 unspecified atom stereocenters. The summed E-state index contributed by atoms with van der Waals surface area (Å²) in [5.41, 5.74) is 1.00. The van der Waals surface area contributed by atoms with Gasteiger partial charge in [0.15, 0.2) is 0 Å². The third kappa shape index (κ3) is 6.79. The second kappa shape index (κ2) is 9.80. The van der Waals surface area contributed by atoms with Gasteiger partial charge in [-0.3, -0.25) is 9.59 Å². The zero-order valence-corrected chi connectivity index (χ0v) is 12.8. The largest absolute Gasteiger partial charge is 0.494 e. The molecule has 0 aliphatic carbocycles. The van der Waals surface area contributed by atoms with Gasteiger partial charge in [-0.1, -0.05) is 25.1 Å². The number of ether oxygens (including phenoxy) is 1. The molecule has 0 aromatic heterocycles. The third-order valence-electron chi connectivity index (χ3n) is 2.91. The first-order valence-electron chi connectivity index (χ1n) is 7.41. The molecule has 0 fully saturated rings. The Hall–Kier alpha value is -2.04. The normalized spacial score (nSPS) is 10.0. The molecule has 0 heterocycles. The number of carbonyl (C=O) groups excluding carboxylic acids is 2. The lowest BCUT2D eigenvalue weighted by molar-refractivity contribution is -0.126. The van der Waals surface area contributed by atoms with Gasteiger partial charge in [-0.05, 0) is 31.4 Å². The van der Waals surface area contributed by atoms with E-state index in [9.17, 15) is 9.59 Å². The molecule has 5 heteroatoms. The summed E-state index contributed by atoms with van der Waals surface area (Å²) in [5, 5.41) is 5.33. The maximum atomic E-state index is 11.7. The van der Waals surface area contributed by atoms with Gasteiger partial charge in [0.25, 0.3) is 0 Å². The smallest absolute Gasteiger partial charge is 0.239 e. The van der Waals surface area contributed by atoms with Crippen molar-refractivity contribution in [1.29, 1.82) is 0 Å². The number of hydrogen-bond acceptors (Lipinski definition) is 3. The maximum absolute atomic E-state index is 11.7. The number of benzene rings is 1. The first-order valence-corrected chi connectivity index (χ1v) is 7.41.